The van der Waals surface area contributed by atoms with Gasteiger partial charge in [-0.2, -0.15) is 0 Å². The van der Waals surface area contributed by atoms with E-state index in [0.717, 1.165) is 15.2 Å². The van der Waals surface area contributed by atoms with Crippen LogP contribution in [0, 0.1) is 6.92 Å². The van der Waals surface area contributed by atoms with Gasteiger partial charge in [0.1, 0.15) is 0 Å². The zero-order valence-electron chi connectivity index (χ0n) is 13.7. The highest BCUT2D eigenvalue weighted by Crippen LogP contribution is 2.31. The molecule has 0 bridgehead atoms. The molecule has 0 spiro atoms. The molecule has 8 heteroatoms. The summed E-state index contributed by atoms with van der Waals surface area (Å²) in [5.74, 6) is 0.131. The van der Waals surface area contributed by atoms with Crippen molar-refractivity contribution in [3.8, 4) is 0 Å². The van der Waals surface area contributed by atoms with Gasteiger partial charge < -0.3 is 15.0 Å². The van der Waals surface area contributed by atoms with Crippen LogP contribution in [0.25, 0.3) is 0 Å². The van der Waals surface area contributed by atoms with Crippen LogP contribution < -0.4 is 5.32 Å². The average molecular weight is 364 g/mol. The number of carbonyl (C=O) groups excluding carboxylic acids is 1. The van der Waals surface area contributed by atoms with Crippen molar-refractivity contribution >= 4 is 39.8 Å². The van der Waals surface area contributed by atoms with Crippen molar-refractivity contribution in [2.24, 2.45) is 0 Å². The third-order valence-electron chi connectivity index (χ3n) is 3.66. The molecular weight excluding hydrogens is 344 g/mol. The SMILES string of the molecule is Cc1ccc(Nc2nnc(S[C@H](C)C(=O)N3CCOCC3)s2)cc1. The van der Waals surface area contributed by atoms with Crippen molar-refractivity contribution in [3.05, 3.63) is 29.8 Å². The Bertz CT molecular complexity index is 684. The lowest BCUT2D eigenvalue weighted by molar-refractivity contribution is -0.134. The second kappa shape index (κ2) is 7.96. The number of carbonyl (C=O) groups is 1. The van der Waals surface area contributed by atoms with E-state index in [1.807, 2.05) is 36.1 Å². The highest BCUT2D eigenvalue weighted by molar-refractivity contribution is 8.02. The lowest BCUT2D eigenvalue weighted by Gasteiger charge is -2.28. The number of thioether (sulfide) groups is 1. The molecule has 1 aliphatic heterocycles. The quantitative estimate of drug-likeness (QED) is 0.823. The second-order valence-electron chi connectivity index (χ2n) is 5.56. The van der Waals surface area contributed by atoms with Crippen LogP contribution in [0.15, 0.2) is 28.6 Å². The number of morpholine rings is 1. The number of nitrogens with one attached hydrogen (secondary N) is 1. The minimum Gasteiger partial charge on any atom is -0.378 e. The van der Waals surface area contributed by atoms with Crippen molar-refractivity contribution in [1.29, 1.82) is 0 Å². The highest BCUT2D eigenvalue weighted by Gasteiger charge is 2.24. The molecule has 1 fully saturated rings. The van der Waals surface area contributed by atoms with E-state index in [0.29, 0.717) is 26.3 Å². The average Bonchev–Trinajstić information content (AvgIpc) is 3.04. The molecule has 3 rings (SSSR count). The Balaban J connectivity index is 1.56. The number of nitrogens with zero attached hydrogens (tertiary/aromatic N) is 3. The predicted molar refractivity (Wildman–Crippen MR) is 97.1 cm³/mol. The van der Waals surface area contributed by atoms with Crippen molar-refractivity contribution in [1.82, 2.24) is 15.1 Å². The number of aromatic nitrogens is 2. The van der Waals surface area contributed by atoms with Crippen molar-refractivity contribution in [2.75, 3.05) is 31.6 Å². The van der Waals surface area contributed by atoms with Crippen LogP contribution in [0.3, 0.4) is 0 Å². The third kappa shape index (κ3) is 4.46. The smallest absolute Gasteiger partial charge is 0.236 e. The molecule has 2 heterocycles. The molecule has 0 radical (unpaired) electrons. The van der Waals surface area contributed by atoms with Crippen LogP contribution in [-0.2, 0) is 9.53 Å². The van der Waals surface area contributed by atoms with Crippen LogP contribution in [0.1, 0.15) is 12.5 Å². The molecule has 1 amide bonds. The zero-order chi connectivity index (χ0) is 16.9. The predicted octanol–water partition coefficient (Wildman–Crippen LogP) is 2.93. The van der Waals surface area contributed by atoms with E-state index in [9.17, 15) is 4.79 Å². The fourth-order valence-corrected chi connectivity index (χ4v) is 4.31. The molecule has 1 N–H and O–H groups in total. The number of benzene rings is 1. The van der Waals surface area contributed by atoms with Gasteiger partial charge in [0.2, 0.25) is 11.0 Å². The molecule has 24 heavy (non-hydrogen) atoms. The third-order valence-corrected chi connectivity index (χ3v) is 5.67. The van der Waals surface area contributed by atoms with Gasteiger partial charge in [0.05, 0.1) is 18.5 Å². The summed E-state index contributed by atoms with van der Waals surface area (Å²) >= 11 is 2.91. The topological polar surface area (TPSA) is 67.4 Å². The Hall–Kier alpha value is -1.64. The van der Waals surface area contributed by atoms with Crippen molar-refractivity contribution in [2.45, 2.75) is 23.4 Å². The minimum absolute atomic E-state index is 0.131. The van der Waals surface area contributed by atoms with E-state index in [1.54, 1.807) is 0 Å². The number of rotatable bonds is 5. The van der Waals surface area contributed by atoms with Crippen LogP contribution in [0.2, 0.25) is 0 Å². The van der Waals surface area contributed by atoms with Gasteiger partial charge >= 0.3 is 0 Å². The maximum absolute atomic E-state index is 12.4. The number of amides is 1. The number of aryl methyl sites for hydroxylation is 1. The highest BCUT2D eigenvalue weighted by atomic mass is 32.2. The van der Waals surface area contributed by atoms with E-state index >= 15 is 0 Å². The Morgan fingerprint density at radius 2 is 2.00 bits per heavy atom. The van der Waals surface area contributed by atoms with Gasteiger partial charge in [0.15, 0.2) is 4.34 Å². The normalized spacial score (nSPS) is 16.0. The van der Waals surface area contributed by atoms with Crippen LogP contribution in [0.4, 0.5) is 10.8 Å². The molecule has 2 aromatic rings. The minimum atomic E-state index is -0.178. The summed E-state index contributed by atoms with van der Waals surface area (Å²) in [6.07, 6.45) is 0. The number of hydrogen-bond acceptors (Lipinski definition) is 7. The first-order chi connectivity index (χ1) is 11.6. The molecule has 1 saturated heterocycles. The van der Waals surface area contributed by atoms with Crippen molar-refractivity contribution < 1.29 is 9.53 Å². The first-order valence-corrected chi connectivity index (χ1v) is 9.52. The fraction of sp³-hybridized carbons (Fsp3) is 0.438. The lowest BCUT2D eigenvalue weighted by Crippen LogP contribution is -2.44. The fourth-order valence-electron chi connectivity index (χ4n) is 2.31. The first-order valence-electron chi connectivity index (χ1n) is 7.82. The molecule has 1 aromatic heterocycles. The van der Waals surface area contributed by atoms with Gasteiger partial charge in [-0.25, -0.2) is 0 Å². The van der Waals surface area contributed by atoms with Gasteiger partial charge in [-0.3, -0.25) is 4.79 Å². The molecule has 0 aliphatic carbocycles. The monoisotopic (exact) mass is 364 g/mol. The van der Waals surface area contributed by atoms with E-state index in [4.69, 9.17) is 4.74 Å². The summed E-state index contributed by atoms with van der Waals surface area (Å²) in [7, 11) is 0. The Morgan fingerprint density at radius 1 is 1.29 bits per heavy atom. The van der Waals surface area contributed by atoms with E-state index in [1.165, 1.54) is 28.7 Å². The molecule has 128 valence electrons. The second-order valence-corrected chi connectivity index (χ2v) is 8.13. The van der Waals surface area contributed by atoms with E-state index in [2.05, 4.69) is 22.4 Å². The largest absolute Gasteiger partial charge is 0.378 e. The Morgan fingerprint density at radius 3 is 2.71 bits per heavy atom. The maximum Gasteiger partial charge on any atom is 0.236 e. The van der Waals surface area contributed by atoms with Gasteiger partial charge in [-0.05, 0) is 26.0 Å². The first kappa shape index (κ1) is 17.2. The number of ether oxygens (including phenoxy) is 1. The van der Waals surface area contributed by atoms with Crippen molar-refractivity contribution in [3.63, 3.8) is 0 Å². The molecular formula is C16H20N4O2S2. The summed E-state index contributed by atoms with van der Waals surface area (Å²) in [4.78, 5) is 14.3. The summed E-state index contributed by atoms with van der Waals surface area (Å²) in [6, 6.07) is 8.10. The maximum atomic E-state index is 12.4. The van der Waals surface area contributed by atoms with Crippen LogP contribution >= 0.6 is 23.1 Å². The van der Waals surface area contributed by atoms with Crippen LogP contribution in [-0.4, -0.2) is 52.6 Å². The van der Waals surface area contributed by atoms with E-state index in [-0.39, 0.29) is 11.2 Å². The standard InChI is InChI=1S/C16H20N4O2S2/c1-11-3-5-13(6-4-11)17-15-18-19-16(24-15)23-12(2)14(21)20-7-9-22-10-8-20/h3-6,12H,7-10H2,1-2H3,(H,17,18)/t12-/m1/s1. The van der Waals surface area contributed by atoms with Gasteiger partial charge in [0, 0.05) is 18.8 Å². The molecule has 1 atom stereocenters. The van der Waals surface area contributed by atoms with Gasteiger partial charge in [-0.1, -0.05) is 40.8 Å². The molecule has 0 unspecified atom stereocenters. The van der Waals surface area contributed by atoms with Gasteiger partial charge in [0.25, 0.3) is 0 Å². The Kier molecular flexibility index (Phi) is 5.70. The Labute approximate surface area is 149 Å². The summed E-state index contributed by atoms with van der Waals surface area (Å²) in [6.45, 7) is 6.53. The van der Waals surface area contributed by atoms with E-state index < -0.39 is 0 Å². The molecule has 6 nitrogen and oxygen atoms in total. The summed E-state index contributed by atoms with van der Waals surface area (Å²) in [5.41, 5.74) is 2.19. The number of hydrogen-bond donors (Lipinski definition) is 1. The molecule has 1 aliphatic rings. The summed E-state index contributed by atoms with van der Waals surface area (Å²) < 4.78 is 6.08. The molecule has 0 saturated carbocycles. The molecule has 1 aromatic carbocycles. The van der Waals surface area contributed by atoms with Crippen LogP contribution in [0.5, 0.6) is 0 Å². The zero-order valence-corrected chi connectivity index (χ0v) is 15.3. The lowest BCUT2D eigenvalue weighted by atomic mass is 10.2. The van der Waals surface area contributed by atoms with Gasteiger partial charge in [-0.15, -0.1) is 10.2 Å². The summed E-state index contributed by atoms with van der Waals surface area (Å²) in [5, 5.41) is 12.1. The number of anilines is 2.